The van der Waals surface area contributed by atoms with Gasteiger partial charge in [0.05, 0.1) is 34.1 Å². The highest BCUT2D eigenvalue weighted by Gasteiger charge is 2.34. The van der Waals surface area contributed by atoms with Crippen LogP contribution in [0.25, 0.3) is 27.7 Å². The average molecular weight is 843 g/mol. The molecule has 9 rings (SSSR count). The molecule has 2 unspecified atom stereocenters. The fourth-order valence-corrected chi connectivity index (χ4v) is 9.91. The predicted molar refractivity (Wildman–Crippen MR) is 231 cm³/mol. The number of ether oxygens (including phenoxy) is 2. The van der Waals surface area contributed by atoms with Crippen molar-refractivity contribution >= 4 is 43.9 Å². The Labute approximate surface area is 353 Å². The van der Waals surface area contributed by atoms with E-state index in [4.69, 9.17) is 13.9 Å². The molecule has 5 heterocycles. The van der Waals surface area contributed by atoms with E-state index >= 15 is 0 Å². The summed E-state index contributed by atoms with van der Waals surface area (Å²) in [4.78, 5) is 35.1. The number of allylic oxidation sites excluding steroid dienone is 1. The fraction of sp³-hybridized carbons (Fsp3) is 0.304. The highest BCUT2D eigenvalue weighted by atomic mass is 32.2. The maximum atomic E-state index is 13.9. The summed E-state index contributed by atoms with van der Waals surface area (Å²) in [5, 5.41) is 16.0. The predicted octanol–water partition coefficient (Wildman–Crippen LogP) is 9.25. The van der Waals surface area contributed by atoms with E-state index in [2.05, 4.69) is 55.2 Å². The number of nitrogens with zero attached hydrogens (tertiary/aromatic N) is 3. The summed E-state index contributed by atoms with van der Waals surface area (Å²) in [6.45, 7) is 2.76. The van der Waals surface area contributed by atoms with Crippen LogP contribution in [0.4, 0.5) is 11.4 Å². The second-order valence-electron chi connectivity index (χ2n) is 15.9. The number of H-pyrrole nitrogens is 1. The van der Waals surface area contributed by atoms with Gasteiger partial charge < -0.3 is 24.2 Å². The normalized spacial score (nSPS) is 18.8. The van der Waals surface area contributed by atoms with Gasteiger partial charge in [-0.1, -0.05) is 36.4 Å². The van der Waals surface area contributed by atoms with Gasteiger partial charge in [0, 0.05) is 55.1 Å². The summed E-state index contributed by atoms with van der Waals surface area (Å²) in [5.41, 5.74) is 5.97. The number of carbonyl (C=O) groups excluding carboxylic acids is 1. The molecule has 1 aliphatic carbocycles. The van der Waals surface area contributed by atoms with Crippen molar-refractivity contribution in [3.8, 4) is 22.6 Å². The van der Waals surface area contributed by atoms with Crippen molar-refractivity contribution in [3.63, 3.8) is 0 Å². The number of carbonyl (C=O) groups is 1. The highest BCUT2D eigenvalue weighted by Crippen LogP contribution is 2.43. The summed E-state index contributed by atoms with van der Waals surface area (Å²) in [5.74, 6) is -0.181. The Balaban J connectivity index is 0.957. The SMILES string of the molecule is O=C(NS(=O)(=O)c1ccc(NCC2CCOCC2)c([N+](=O)[O-])c1)c1ccc(C2=CCC(N3CCCC3c3ccccc3-c3ccoc3)CC2)cc1Oc1cnc2[nH]ccc2c1. The molecule has 3 N–H and O–H groups in total. The maximum absolute atomic E-state index is 13.9. The number of hydrogen-bond donors (Lipinski definition) is 3. The number of aromatic amines is 1. The number of rotatable bonds is 13. The lowest BCUT2D eigenvalue weighted by atomic mass is 9.88. The first-order valence-electron chi connectivity index (χ1n) is 20.7. The Morgan fingerprint density at radius 1 is 1.00 bits per heavy atom. The lowest BCUT2D eigenvalue weighted by molar-refractivity contribution is -0.384. The zero-order valence-corrected chi connectivity index (χ0v) is 34.2. The van der Waals surface area contributed by atoms with Crippen LogP contribution in [-0.4, -0.2) is 66.5 Å². The summed E-state index contributed by atoms with van der Waals surface area (Å²) >= 11 is 0. The quantitative estimate of drug-likeness (QED) is 0.0745. The van der Waals surface area contributed by atoms with E-state index < -0.39 is 31.4 Å². The Morgan fingerprint density at radius 2 is 1.87 bits per heavy atom. The lowest BCUT2D eigenvalue weighted by Crippen LogP contribution is -2.36. The molecule has 0 spiro atoms. The molecule has 3 aliphatic rings. The van der Waals surface area contributed by atoms with Crippen LogP contribution in [-0.2, 0) is 14.8 Å². The van der Waals surface area contributed by atoms with Gasteiger partial charge in [-0.3, -0.25) is 19.8 Å². The van der Waals surface area contributed by atoms with Gasteiger partial charge in [-0.15, -0.1) is 0 Å². The zero-order valence-electron chi connectivity index (χ0n) is 33.4. The van der Waals surface area contributed by atoms with Crippen molar-refractivity contribution in [2.45, 2.75) is 61.9 Å². The molecule has 2 atom stereocenters. The van der Waals surface area contributed by atoms with Gasteiger partial charge in [0.1, 0.15) is 22.8 Å². The summed E-state index contributed by atoms with van der Waals surface area (Å²) in [7, 11) is -4.55. The second kappa shape index (κ2) is 17.4. The lowest BCUT2D eigenvalue weighted by Gasteiger charge is -2.36. The minimum absolute atomic E-state index is 0.0313. The van der Waals surface area contributed by atoms with Gasteiger partial charge >= 0.3 is 0 Å². The molecule has 2 saturated heterocycles. The first-order valence-corrected chi connectivity index (χ1v) is 22.2. The molecule has 0 bridgehead atoms. The Kier molecular flexibility index (Phi) is 11.4. The number of sulfonamides is 1. The number of pyridine rings is 1. The number of benzene rings is 3. The summed E-state index contributed by atoms with van der Waals surface area (Å²) in [6.07, 6.45) is 15.5. The number of nitro benzene ring substituents is 1. The molecular weight excluding hydrogens is 797 g/mol. The van der Waals surface area contributed by atoms with Gasteiger partial charge in [-0.2, -0.15) is 0 Å². The number of fused-ring (bicyclic) bond motifs is 1. The van der Waals surface area contributed by atoms with E-state index in [1.807, 2.05) is 12.1 Å². The molecule has 314 valence electrons. The molecule has 3 aromatic heterocycles. The van der Waals surface area contributed by atoms with Gasteiger partial charge in [-0.05, 0) is 122 Å². The van der Waals surface area contributed by atoms with E-state index in [0.717, 1.165) is 79.6 Å². The third kappa shape index (κ3) is 8.67. The highest BCUT2D eigenvalue weighted by molar-refractivity contribution is 7.90. The number of furan rings is 1. The van der Waals surface area contributed by atoms with E-state index in [0.29, 0.717) is 43.2 Å². The Bertz CT molecular complexity index is 2710. The van der Waals surface area contributed by atoms with E-state index in [1.165, 1.54) is 29.5 Å². The first kappa shape index (κ1) is 40.1. The molecule has 14 nitrogen and oxygen atoms in total. The molecule has 2 aliphatic heterocycles. The maximum Gasteiger partial charge on any atom is 0.293 e. The first-order chi connectivity index (χ1) is 29.7. The van der Waals surface area contributed by atoms with Crippen LogP contribution in [0, 0.1) is 16.0 Å². The van der Waals surface area contributed by atoms with Crippen molar-refractivity contribution in [2.24, 2.45) is 5.92 Å². The smallest absolute Gasteiger partial charge is 0.293 e. The zero-order chi connectivity index (χ0) is 41.9. The molecule has 0 saturated carbocycles. The number of anilines is 1. The van der Waals surface area contributed by atoms with Gasteiger partial charge in [0.15, 0.2) is 0 Å². The molecule has 15 heteroatoms. The minimum Gasteiger partial charge on any atom is -0.472 e. The number of amides is 1. The van der Waals surface area contributed by atoms with Crippen LogP contribution in [0.15, 0.2) is 119 Å². The molecule has 1 amide bonds. The van der Waals surface area contributed by atoms with Crippen LogP contribution in [0.1, 0.15) is 72.5 Å². The number of aromatic nitrogens is 2. The summed E-state index contributed by atoms with van der Waals surface area (Å²) < 4.78 is 46.6. The van der Waals surface area contributed by atoms with Crippen molar-refractivity contribution in [2.75, 3.05) is 31.6 Å². The van der Waals surface area contributed by atoms with Crippen LogP contribution >= 0.6 is 0 Å². The Morgan fingerprint density at radius 3 is 2.67 bits per heavy atom. The largest absolute Gasteiger partial charge is 0.472 e. The second-order valence-corrected chi connectivity index (χ2v) is 17.5. The van der Waals surface area contributed by atoms with Crippen molar-refractivity contribution in [1.82, 2.24) is 19.6 Å². The Hall–Kier alpha value is -6.29. The van der Waals surface area contributed by atoms with Crippen molar-refractivity contribution in [3.05, 3.63) is 137 Å². The molecule has 0 radical (unpaired) electrons. The van der Waals surface area contributed by atoms with E-state index in [9.17, 15) is 23.3 Å². The third-order valence-corrected chi connectivity index (χ3v) is 13.5. The third-order valence-electron chi connectivity index (χ3n) is 12.1. The standard InChI is InChI=1S/C46H46N6O8S/c53-46(50-61(56,57)37-12-14-41(43(26-37)52(54)55)48-27-30-16-21-58-22-17-30)40-13-9-32(25-44(40)60-36-24-33-15-19-47-45(33)49-28-36)31-7-10-35(11-8-31)51-20-3-6-42(51)39-5-2-1-4-38(39)34-18-23-59-29-34/h1-2,4-5,7,9,12-15,18-19,23-26,28-30,35,42,48H,3,6,8,10-11,16-17,20-22,27H2,(H,47,49)(H,50,53). The van der Waals surface area contributed by atoms with Crippen LogP contribution in [0.5, 0.6) is 11.5 Å². The van der Waals surface area contributed by atoms with Crippen molar-refractivity contribution in [1.29, 1.82) is 0 Å². The van der Waals surface area contributed by atoms with Crippen LogP contribution in [0.3, 0.4) is 0 Å². The number of hydrogen-bond acceptors (Lipinski definition) is 11. The average Bonchev–Trinajstić information content (AvgIpc) is 4.09. The number of likely N-dealkylation sites (tertiary alicyclic amines) is 1. The fourth-order valence-electron chi connectivity index (χ4n) is 8.93. The molecule has 6 aromatic rings. The number of nitro groups is 1. The minimum atomic E-state index is -4.55. The van der Waals surface area contributed by atoms with Crippen LogP contribution < -0.4 is 14.8 Å². The van der Waals surface area contributed by atoms with Gasteiger partial charge in [-0.25, -0.2) is 18.1 Å². The topological polar surface area (TPSA) is 182 Å². The number of nitrogens with one attached hydrogen (secondary N) is 3. The molecule has 2 fully saturated rings. The van der Waals surface area contributed by atoms with Gasteiger partial charge in [0.25, 0.3) is 21.6 Å². The molecule has 61 heavy (non-hydrogen) atoms. The molecule has 3 aromatic carbocycles. The van der Waals surface area contributed by atoms with Gasteiger partial charge in [0.2, 0.25) is 0 Å². The van der Waals surface area contributed by atoms with Crippen molar-refractivity contribution < 1.29 is 32.0 Å². The summed E-state index contributed by atoms with van der Waals surface area (Å²) in [6, 6.07) is 23.6. The van der Waals surface area contributed by atoms with E-state index in [-0.39, 0.29) is 22.9 Å². The van der Waals surface area contributed by atoms with Crippen LogP contribution in [0.2, 0.25) is 0 Å². The monoisotopic (exact) mass is 842 g/mol. The molecular formula is C46H46N6O8S. The van der Waals surface area contributed by atoms with E-state index in [1.54, 1.807) is 43.0 Å².